The van der Waals surface area contributed by atoms with Gasteiger partial charge >= 0.3 is 6.09 Å². The van der Waals surface area contributed by atoms with E-state index in [1.807, 2.05) is 25.7 Å². The fourth-order valence-corrected chi connectivity index (χ4v) is 2.88. The zero-order valence-corrected chi connectivity index (χ0v) is 12.0. The molecule has 4 nitrogen and oxygen atoms in total. The van der Waals surface area contributed by atoms with E-state index >= 15 is 0 Å². The maximum atomic E-state index is 12.0. The summed E-state index contributed by atoms with van der Waals surface area (Å²) in [4.78, 5) is 13.8. The summed E-state index contributed by atoms with van der Waals surface area (Å²) < 4.78 is 11.3. The van der Waals surface area contributed by atoms with E-state index in [1.165, 1.54) is 0 Å². The fraction of sp³-hybridized carbons (Fsp3) is 0.929. The lowest BCUT2D eigenvalue weighted by Crippen LogP contribution is -2.49. The smallest absolute Gasteiger partial charge is 0.410 e. The standard InChI is InChI=1S/C14H25NO3/c1-11-5-10-17-14(11)6-8-15(9-7-14)12(16)18-13(2,3)4/h11H,5-10H2,1-4H3. The quantitative estimate of drug-likeness (QED) is 0.668. The second-order valence-corrected chi connectivity index (χ2v) is 6.57. The molecule has 2 saturated heterocycles. The molecule has 1 spiro atoms. The molecule has 2 aliphatic heterocycles. The van der Waals surface area contributed by atoms with Gasteiger partial charge in [-0.2, -0.15) is 0 Å². The normalized spacial score (nSPS) is 27.6. The summed E-state index contributed by atoms with van der Waals surface area (Å²) in [6, 6.07) is 0. The SMILES string of the molecule is CC1CCOC12CCN(C(=O)OC(C)(C)C)CC2. The second-order valence-electron chi connectivity index (χ2n) is 6.57. The molecule has 104 valence electrons. The van der Waals surface area contributed by atoms with Crippen LogP contribution in [0.25, 0.3) is 0 Å². The molecule has 2 rings (SSSR count). The maximum absolute atomic E-state index is 12.0. The summed E-state index contributed by atoms with van der Waals surface area (Å²) in [5.74, 6) is 0.610. The van der Waals surface area contributed by atoms with Gasteiger partial charge in [0.2, 0.25) is 0 Å². The molecule has 1 atom stereocenters. The summed E-state index contributed by atoms with van der Waals surface area (Å²) >= 11 is 0. The van der Waals surface area contributed by atoms with Crippen LogP contribution >= 0.6 is 0 Å². The Kier molecular flexibility index (Phi) is 3.58. The Morgan fingerprint density at radius 3 is 2.39 bits per heavy atom. The Morgan fingerprint density at radius 1 is 1.33 bits per heavy atom. The van der Waals surface area contributed by atoms with Crippen molar-refractivity contribution in [3.8, 4) is 0 Å². The highest BCUT2D eigenvalue weighted by Gasteiger charge is 2.44. The Morgan fingerprint density at radius 2 is 1.94 bits per heavy atom. The lowest BCUT2D eigenvalue weighted by molar-refractivity contribution is -0.0656. The number of piperidine rings is 1. The van der Waals surface area contributed by atoms with Gasteiger partial charge in [0.25, 0.3) is 0 Å². The van der Waals surface area contributed by atoms with Crippen LogP contribution in [-0.2, 0) is 9.47 Å². The summed E-state index contributed by atoms with van der Waals surface area (Å²) in [6.07, 6.45) is 2.83. The second kappa shape index (κ2) is 4.72. The van der Waals surface area contributed by atoms with Crippen LogP contribution in [0.2, 0.25) is 0 Å². The van der Waals surface area contributed by atoms with Crippen molar-refractivity contribution in [3.63, 3.8) is 0 Å². The average Bonchev–Trinajstić information content (AvgIpc) is 2.59. The highest BCUT2D eigenvalue weighted by atomic mass is 16.6. The highest BCUT2D eigenvalue weighted by molar-refractivity contribution is 5.68. The van der Waals surface area contributed by atoms with E-state index in [1.54, 1.807) is 0 Å². The molecule has 2 fully saturated rings. The zero-order chi connectivity index (χ0) is 13.4. The molecule has 18 heavy (non-hydrogen) atoms. The molecule has 0 N–H and O–H groups in total. The molecule has 0 aliphatic carbocycles. The molecule has 1 amide bonds. The number of likely N-dealkylation sites (tertiary alicyclic amines) is 1. The summed E-state index contributed by atoms with van der Waals surface area (Å²) in [7, 11) is 0. The molecule has 1 unspecified atom stereocenters. The van der Waals surface area contributed by atoms with Gasteiger partial charge in [-0.25, -0.2) is 4.79 Å². The van der Waals surface area contributed by atoms with E-state index in [0.29, 0.717) is 5.92 Å². The minimum atomic E-state index is -0.413. The van der Waals surface area contributed by atoms with Crippen LogP contribution in [0.1, 0.15) is 47.0 Å². The number of ether oxygens (including phenoxy) is 2. The van der Waals surface area contributed by atoms with Crippen molar-refractivity contribution < 1.29 is 14.3 Å². The molecule has 2 heterocycles. The fourth-order valence-electron chi connectivity index (χ4n) is 2.88. The largest absolute Gasteiger partial charge is 0.444 e. The summed E-state index contributed by atoms with van der Waals surface area (Å²) in [5.41, 5.74) is -0.387. The molecular formula is C14H25NO3. The average molecular weight is 255 g/mol. The van der Waals surface area contributed by atoms with Crippen LogP contribution in [-0.4, -0.2) is 41.9 Å². The summed E-state index contributed by atoms with van der Waals surface area (Å²) in [6.45, 7) is 10.3. The monoisotopic (exact) mass is 255 g/mol. The Labute approximate surface area is 110 Å². The lowest BCUT2D eigenvalue weighted by Gasteiger charge is -2.41. The molecule has 0 radical (unpaired) electrons. The van der Waals surface area contributed by atoms with Crippen LogP contribution in [0, 0.1) is 5.92 Å². The van der Waals surface area contributed by atoms with Crippen molar-refractivity contribution in [2.24, 2.45) is 5.92 Å². The Balaban J connectivity index is 1.89. The number of hydrogen-bond donors (Lipinski definition) is 0. The van der Waals surface area contributed by atoms with E-state index in [4.69, 9.17) is 9.47 Å². The predicted molar refractivity (Wildman–Crippen MR) is 69.5 cm³/mol. The molecular weight excluding hydrogens is 230 g/mol. The Bertz CT molecular complexity index is 313. The van der Waals surface area contributed by atoms with Crippen molar-refractivity contribution in [1.29, 1.82) is 0 Å². The molecule has 2 aliphatic rings. The van der Waals surface area contributed by atoms with Gasteiger partial charge in [0.05, 0.1) is 5.60 Å². The number of hydrogen-bond acceptors (Lipinski definition) is 3. The van der Waals surface area contributed by atoms with Crippen LogP contribution in [0.15, 0.2) is 0 Å². The minimum absolute atomic E-state index is 0.0263. The van der Waals surface area contributed by atoms with Crippen LogP contribution < -0.4 is 0 Å². The predicted octanol–water partition coefficient (Wildman–Crippen LogP) is 2.81. The first-order chi connectivity index (χ1) is 8.32. The number of nitrogens with zero attached hydrogens (tertiary/aromatic N) is 1. The van der Waals surface area contributed by atoms with Gasteiger partial charge < -0.3 is 14.4 Å². The number of rotatable bonds is 0. The van der Waals surface area contributed by atoms with E-state index in [0.717, 1.165) is 39.0 Å². The van der Waals surface area contributed by atoms with Crippen LogP contribution in [0.4, 0.5) is 4.79 Å². The summed E-state index contributed by atoms with van der Waals surface area (Å²) in [5, 5.41) is 0. The minimum Gasteiger partial charge on any atom is -0.444 e. The van der Waals surface area contributed by atoms with Crippen LogP contribution in [0.5, 0.6) is 0 Å². The third kappa shape index (κ3) is 2.79. The van der Waals surface area contributed by atoms with E-state index < -0.39 is 5.60 Å². The number of amides is 1. The first-order valence-electron chi connectivity index (χ1n) is 6.94. The van der Waals surface area contributed by atoms with Gasteiger partial charge in [-0.3, -0.25) is 0 Å². The van der Waals surface area contributed by atoms with Gasteiger partial charge in [0.1, 0.15) is 5.60 Å². The molecule has 0 saturated carbocycles. The van der Waals surface area contributed by atoms with Crippen molar-refractivity contribution in [1.82, 2.24) is 4.90 Å². The van der Waals surface area contributed by atoms with Crippen molar-refractivity contribution >= 4 is 6.09 Å². The Hall–Kier alpha value is -0.770. The van der Waals surface area contributed by atoms with Crippen molar-refractivity contribution in [3.05, 3.63) is 0 Å². The van der Waals surface area contributed by atoms with E-state index in [2.05, 4.69) is 6.92 Å². The zero-order valence-electron chi connectivity index (χ0n) is 12.0. The highest BCUT2D eigenvalue weighted by Crippen LogP contribution is 2.40. The topological polar surface area (TPSA) is 38.8 Å². The first kappa shape index (κ1) is 13.7. The van der Waals surface area contributed by atoms with Crippen molar-refractivity contribution in [2.45, 2.75) is 58.2 Å². The van der Waals surface area contributed by atoms with Crippen molar-refractivity contribution in [2.75, 3.05) is 19.7 Å². The van der Waals surface area contributed by atoms with E-state index in [-0.39, 0.29) is 11.7 Å². The molecule has 0 aromatic rings. The lowest BCUT2D eigenvalue weighted by atomic mass is 9.81. The molecule has 0 bridgehead atoms. The van der Waals surface area contributed by atoms with Gasteiger partial charge in [-0.15, -0.1) is 0 Å². The van der Waals surface area contributed by atoms with Crippen LogP contribution in [0.3, 0.4) is 0 Å². The molecule has 0 aromatic heterocycles. The number of carbonyl (C=O) groups is 1. The van der Waals surface area contributed by atoms with Gasteiger partial charge in [0, 0.05) is 19.7 Å². The third-order valence-corrected chi connectivity index (χ3v) is 4.10. The number of carbonyl (C=O) groups excluding carboxylic acids is 1. The van der Waals surface area contributed by atoms with Gasteiger partial charge in [0.15, 0.2) is 0 Å². The van der Waals surface area contributed by atoms with Gasteiger partial charge in [-0.1, -0.05) is 6.92 Å². The first-order valence-corrected chi connectivity index (χ1v) is 6.94. The molecule has 0 aromatic carbocycles. The molecule has 4 heteroatoms. The third-order valence-electron chi connectivity index (χ3n) is 4.10. The van der Waals surface area contributed by atoms with Gasteiger partial charge in [-0.05, 0) is 46.0 Å². The maximum Gasteiger partial charge on any atom is 0.410 e. The van der Waals surface area contributed by atoms with E-state index in [9.17, 15) is 4.79 Å².